The highest BCUT2D eigenvalue weighted by atomic mass is 16.4. The molecular weight excluding hydrogens is 256 g/mol. The van der Waals surface area contributed by atoms with Gasteiger partial charge in [0.15, 0.2) is 0 Å². The van der Waals surface area contributed by atoms with Crippen LogP contribution in [0.1, 0.15) is 58.8 Å². The van der Waals surface area contributed by atoms with Gasteiger partial charge in [0.25, 0.3) is 0 Å². The Bertz CT molecular complexity index is 351. The number of likely N-dealkylation sites (N-methyl/N-ethyl adjacent to an activating group) is 1. The standard InChI is InChI=1S/C15H28N2O3/c1-4-11(2)13(16)14(20)17(3)15(10-12(18)19)8-6-5-7-9-15/h11,13H,4-10,16H2,1-3H3,(H,18,19)/t11-,13-/m0/s1. The van der Waals surface area contributed by atoms with E-state index in [0.717, 1.165) is 38.5 Å². The Hall–Kier alpha value is -1.10. The summed E-state index contributed by atoms with van der Waals surface area (Å²) in [5, 5.41) is 9.19. The van der Waals surface area contributed by atoms with E-state index < -0.39 is 17.6 Å². The van der Waals surface area contributed by atoms with Crippen LogP contribution in [-0.4, -0.2) is 40.5 Å². The van der Waals surface area contributed by atoms with Crippen LogP contribution in [0, 0.1) is 5.92 Å². The van der Waals surface area contributed by atoms with E-state index in [-0.39, 0.29) is 18.2 Å². The van der Waals surface area contributed by atoms with Gasteiger partial charge in [0, 0.05) is 7.05 Å². The predicted molar refractivity (Wildman–Crippen MR) is 78.3 cm³/mol. The molecule has 0 saturated heterocycles. The molecule has 5 heteroatoms. The van der Waals surface area contributed by atoms with Crippen molar-refractivity contribution in [1.29, 1.82) is 0 Å². The van der Waals surface area contributed by atoms with Crippen LogP contribution in [0.4, 0.5) is 0 Å². The average Bonchev–Trinajstić information content (AvgIpc) is 2.44. The monoisotopic (exact) mass is 284 g/mol. The highest BCUT2D eigenvalue weighted by molar-refractivity contribution is 5.83. The first-order chi connectivity index (χ1) is 9.34. The Morgan fingerprint density at radius 3 is 2.30 bits per heavy atom. The number of carbonyl (C=O) groups excluding carboxylic acids is 1. The van der Waals surface area contributed by atoms with Gasteiger partial charge in [-0.1, -0.05) is 39.5 Å². The summed E-state index contributed by atoms with van der Waals surface area (Å²) in [6.45, 7) is 3.96. The quantitative estimate of drug-likeness (QED) is 0.781. The molecule has 1 amide bonds. The van der Waals surface area contributed by atoms with Gasteiger partial charge in [-0.15, -0.1) is 0 Å². The lowest BCUT2D eigenvalue weighted by atomic mass is 9.77. The van der Waals surface area contributed by atoms with Crippen molar-refractivity contribution < 1.29 is 14.7 Å². The van der Waals surface area contributed by atoms with Crippen molar-refractivity contribution in [2.24, 2.45) is 11.7 Å². The summed E-state index contributed by atoms with van der Waals surface area (Å²) in [6.07, 6.45) is 5.44. The van der Waals surface area contributed by atoms with Gasteiger partial charge in [0.05, 0.1) is 18.0 Å². The van der Waals surface area contributed by atoms with Crippen LogP contribution >= 0.6 is 0 Å². The van der Waals surface area contributed by atoms with Gasteiger partial charge in [-0.2, -0.15) is 0 Å². The Labute approximate surface area is 121 Å². The number of hydrogen-bond acceptors (Lipinski definition) is 3. The molecule has 0 radical (unpaired) electrons. The normalized spacial score (nSPS) is 21.0. The van der Waals surface area contributed by atoms with E-state index in [0.29, 0.717) is 0 Å². The summed E-state index contributed by atoms with van der Waals surface area (Å²) in [4.78, 5) is 25.4. The van der Waals surface area contributed by atoms with E-state index in [1.165, 1.54) is 0 Å². The molecule has 1 saturated carbocycles. The van der Waals surface area contributed by atoms with E-state index in [2.05, 4.69) is 0 Å². The summed E-state index contributed by atoms with van der Waals surface area (Å²) in [5.41, 5.74) is 5.48. The van der Waals surface area contributed by atoms with Crippen LogP contribution in [0.15, 0.2) is 0 Å². The second-order valence-corrected chi connectivity index (χ2v) is 6.16. The van der Waals surface area contributed by atoms with Gasteiger partial charge in [-0.25, -0.2) is 0 Å². The van der Waals surface area contributed by atoms with Crippen LogP contribution in [0.5, 0.6) is 0 Å². The molecule has 1 aliphatic carbocycles. The van der Waals surface area contributed by atoms with Crippen LogP contribution in [0.25, 0.3) is 0 Å². The molecule has 1 rings (SSSR count). The lowest BCUT2D eigenvalue weighted by Crippen LogP contribution is -2.57. The Morgan fingerprint density at radius 1 is 1.30 bits per heavy atom. The fourth-order valence-corrected chi connectivity index (χ4v) is 3.08. The van der Waals surface area contributed by atoms with Crippen molar-refractivity contribution >= 4 is 11.9 Å². The van der Waals surface area contributed by atoms with Crippen molar-refractivity contribution in [2.75, 3.05) is 7.05 Å². The zero-order valence-corrected chi connectivity index (χ0v) is 12.9. The topological polar surface area (TPSA) is 83.6 Å². The second-order valence-electron chi connectivity index (χ2n) is 6.16. The van der Waals surface area contributed by atoms with E-state index in [1.54, 1.807) is 11.9 Å². The maximum absolute atomic E-state index is 12.5. The molecule has 0 bridgehead atoms. The van der Waals surface area contributed by atoms with Crippen molar-refractivity contribution in [1.82, 2.24) is 4.90 Å². The molecule has 0 aliphatic heterocycles. The van der Waals surface area contributed by atoms with Gasteiger partial charge in [0.2, 0.25) is 5.91 Å². The maximum atomic E-state index is 12.5. The molecule has 5 nitrogen and oxygen atoms in total. The molecule has 0 aromatic heterocycles. The first-order valence-electron chi connectivity index (χ1n) is 7.59. The highest BCUT2D eigenvalue weighted by Crippen LogP contribution is 2.36. The van der Waals surface area contributed by atoms with Crippen molar-refractivity contribution in [3.8, 4) is 0 Å². The molecule has 116 valence electrons. The number of nitrogens with zero attached hydrogens (tertiary/aromatic N) is 1. The van der Waals surface area contributed by atoms with Gasteiger partial charge in [0.1, 0.15) is 0 Å². The number of carboxylic acid groups (broad SMARTS) is 1. The smallest absolute Gasteiger partial charge is 0.305 e. The van der Waals surface area contributed by atoms with Crippen LogP contribution in [0.2, 0.25) is 0 Å². The van der Waals surface area contributed by atoms with Gasteiger partial charge >= 0.3 is 5.97 Å². The minimum Gasteiger partial charge on any atom is -0.481 e. The number of nitrogens with two attached hydrogens (primary N) is 1. The Morgan fingerprint density at radius 2 is 1.85 bits per heavy atom. The fourth-order valence-electron chi connectivity index (χ4n) is 3.08. The maximum Gasteiger partial charge on any atom is 0.305 e. The highest BCUT2D eigenvalue weighted by Gasteiger charge is 2.42. The molecule has 0 aromatic carbocycles. The summed E-state index contributed by atoms with van der Waals surface area (Å²) in [5.74, 6) is -0.860. The molecule has 0 spiro atoms. The largest absolute Gasteiger partial charge is 0.481 e. The Kier molecular flexibility index (Phi) is 5.99. The van der Waals surface area contributed by atoms with Crippen molar-refractivity contribution in [3.05, 3.63) is 0 Å². The summed E-state index contributed by atoms with van der Waals surface area (Å²) in [6, 6.07) is -0.544. The summed E-state index contributed by atoms with van der Waals surface area (Å²) < 4.78 is 0. The average molecular weight is 284 g/mol. The fraction of sp³-hybridized carbons (Fsp3) is 0.867. The SMILES string of the molecule is CC[C@H](C)[C@H](N)C(=O)N(C)C1(CC(=O)O)CCCCC1. The van der Waals surface area contributed by atoms with Crippen LogP contribution in [0.3, 0.4) is 0 Å². The van der Waals surface area contributed by atoms with E-state index >= 15 is 0 Å². The molecule has 1 fully saturated rings. The lowest BCUT2D eigenvalue weighted by molar-refractivity contribution is -0.147. The van der Waals surface area contributed by atoms with Gasteiger partial charge < -0.3 is 15.7 Å². The van der Waals surface area contributed by atoms with Gasteiger partial charge in [-0.05, 0) is 18.8 Å². The lowest BCUT2D eigenvalue weighted by Gasteiger charge is -2.45. The number of amides is 1. The van der Waals surface area contributed by atoms with Crippen LogP contribution in [-0.2, 0) is 9.59 Å². The number of rotatable bonds is 6. The predicted octanol–water partition coefficient (Wildman–Crippen LogP) is 2.00. The van der Waals surface area contributed by atoms with E-state index in [1.807, 2.05) is 13.8 Å². The molecule has 1 aliphatic rings. The Balaban J connectivity index is 2.89. The molecule has 20 heavy (non-hydrogen) atoms. The van der Waals surface area contributed by atoms with Gasteiger partial charge in [-0.3, -0.25) is 9.59 Å². The molecule has 2 atom stereocenters. The third-order valence-corrected chi connectivity index (χ3v) is 4.85. The zero-order valence-electron chi connectivity index (χ0n) is 12.9. The number of carbonyl (C=O) groups is 2. The molecular formula is C15H28N2O3. The number of carboxylic acids is 1. The van der Waals surface area contributed by atoms with Crippen LogP contribution < -0.4 is 5.73 Å². The van der Waals surface area contributed by atoms with Crippen molar-refractivity contribution in [3.63, 3.8) is 0 Å². The van der Waals surface area contributed by atoms with E-state index in [4.69, 9.17) is 5.73 Å². The molecule has 0 heterocycles. The first kappa shape index (κ1) is 17.0. The molecule has 0 aromatic rings. The summed E-state index contributed by atoms with van der Waals surface area (Å²) in [7, 11) is 1.72. The molecule has 3 N–H and O–H groups in total. The first-order valence-corrected chi connectivity index (χ1v) is 7.59. The number of aliphatic carboxylic acids is 1. The second kappa shape index (κ2) is 7.07. The van der Waals surface area contributed by atoms with Crippen molar-refractivity contribution in [2.45, 2.75) is 70.4 Å². The number of hydrogen-bond donors (Lipinski definition) is 2. The molecule has 0 unspecified atom stereocenters. The summed E-state index contributed by atoms with van der Waals surface area (Å²) >= 11 is 0. The minimum atomic E-state index is -0.844. The minimum absolute atomic E-state index is 0.0163. The third-order valence-electron chi connectivity index (χ3n) is 4.85. The third kappa shape index (κ3) is 3.72. The zero-order chi connectivity index (χ0) is 15.3. The van der Waals surface area contributed by atoms with E-state index in [9.17, 15) is 14.7 Å².